The molecule has 0 heterocycles. The minimum Gasteiger partial charge on any atom is -0.545 e. The third-order valence-electron chi connectivity index (χ3n) is 1.44. The van der Waals surface area contributed by atoms with Crippen LogP contribution in [0.4, 0.5) is 26.3 Å². The van der Waals surface area contributed by atoms with E-state index in [0.29, 0.717) is 6.92 Å². The van der Waals surface area contributed by atoms with Gasteiger partial charge in [-0.3, -0.25) is 0 Å². The molecule has 0 aliphatic carbocycles. The van der Waals surface area contributed by atoms with Crippen molar-refractivity contribution in [2.24, 2.45) is 5.92 Å². The van der Waals surface area contributed by atoms with Crippen molar-refractivity contribution in [1.82, 2.24) is 0 Å². The number of rotatable bonds is 2. The minimum atomic E-state index is -5.57. The molecule has 0 aromatic rings. The van der Waals surface area contributed by atoms with Crippen LogP contribution in [0.3, 0.4) is 0 Å². The van der Waals surface area contributed by atoms with E-state index in [1.165, 1.54) is 0 Å². The topological polar surface area (TPSA) is 40.1 Å². The van der Waals surface area contributed by atoms with Crippen LogP contribution < -0.4 is 5.11 Å². The molecular formula is C7H5F6O2-. The number of carboxylic acids is 1. The van der Waals surface area contributed by atoms with Crippen LogP contribution in [-0.2, 0) is 4.79 Å². The molecule has 0 N–H and O–H groups in total. The number of hydrogen-bond donors (Lipinski definition) is 0. The van der Waals surface area contributed by atoms with E-state index in [9.17, 15) is 36.2 Å². The van der Waals surface area contributed by atoms with Crippen molar-refractivity contribution in [2.75, 3.05) is 0 Å². The van der Waals surface area contributed by atoms with E-state index in [1.807, 2.05) is 0 Å². The van der Waals surface area contributed by atoms with E-state index in [2.05, 4.69) is 0 Å². The molecule has 0 fully saturated rings. The Balaban J connectivity index is 5.17. The van der Waals surface area contributed by atoms with Crippen LogP contribution in [0.5, 0.6) is 0 Å². The molecular weight excluding hydrogens is 230 g/mol. The van der Waals surface area contributed by atoms with Gasteiger partial charge in [0, 0.05) is 0 Å². The Bertz CT molecular complexity index is 260. The maximum atomic E-state index is 11.9. The molecule has 15 heavy (non-hydrogen) atoms. The number of aliphatic carboxylic acids is 1. The van der Waals surface area contributed by atoms with E-state index < -0.39 is 35.9 Å². The SMILES string of the molecule is CC(=CC(C(F)(F)F)C(F)(F)F)C(=O)[O-]. The summed E-state index contributed by atoms with van der Waals surface area (Å²) in [7, 11) is 0. The summed E-state index contributed by atoms with van der Waals surface area (Å²) in [5.74, 6) is -5.86. The second-order valence-corrected chi connectivity index (χ2v) is 2.70. The lowest BCUT2D eigenvalue weighted by molar-refractivity contribution is -0.299. The molecule has 0 atom stereocenters. The third kappa shape index (κ3) is 4.22. The summed E-state index contributed by atoms with van der Waals surface area (Å²) in [6.45, 7) is 0.597. The van der Waals surface area contributed by atoms with Crippen LogP contribution in [0.15, 0.2) is 11.6 Å². The molecule has 88 valence electrons. The standard InChI is InChI=1S/C7H6F6O2/c1-3(5(14)15)2-4(6(8,9)10)7(11,12)13/h2,4H,1H3,(H,14,15)/p-1. The highest BCUT2D eigenvalue weighted by atomic mass is 19.4. The summed E-state index contributed by atoms with van der Waals surface area (Å²) >= 11 is 0. The molecule has 0 bridgehead atoms. The average Bonchev–Trinajstić information content (AvgIpc) is 1.94. The molecule has 0 aromatic carbocycles. The molecule has 2 nitrogen and oxygen atoms in total. The van der Waals surface area contributed by atoms with Crippen molar-refractivity contribution in [3.63, 3.8) is 0 Å². The molecule has 0 aliphatic rings. The van der Waals surface area contributed by atoms with Crippen molar-refractivity contribution in [3.8, 4) is 0 Å². The van der Waals surface area contributed by atoms with Crippen molar-refractivity contribution >= 4 is 5.97 Å². The molecule has 0 radical (unpaired) electrons. The summed E-state index contributed by atoms with van der Waals surface area (Å²) in [6.07, 6.45) is -11.6. The van der Waals surface area contributed by atoms with Gasteiger partial charge in [-0.15, -0.1) is 0 Å². The van der Waals surface area contributed by atoms with Gasteiger partial charge in [0.25, 0.3) is 0 Å². The highest BCUT2D eigenvalue weighted by Crippen LogP contribution is 2.40. The first-order chi connectivity index (χ1) is 6.46. The van der Waals surface area contributed by atoms with Crippen LogP contribution in [-0.4, -0.2) is 18.3 Å². The number of carbonyl (C=O) groups excluding carboxylic acids is 1. The fourth-order valence-corrected chi connectivity index (χ4v) is 0.693. The Kier molecular flexibility index (Phi) is 3.78. The molecule has 0 spiro atoms. The number of halogens is 6. The minimum absolute atomic E-state index is 0.421. The average molecular weight is 235 g/mol. The first-order valence-corrected chi connectivity index (χ1v) is 3.49. The van der Waals surface area contributed by atoms with Crippen molar-refractivity contribution in [3.05, 3.63) is 11.6 Å². The number of carboxylic acid groups (broad SMARTS) is 1. The molecule has 0 aromatic heterocycles. The highest BCUT2D eigenvalue weighted by Gasteiger charge is 2.55. The van der Waals surface area contributed by atoms with E-state index in [4.69, 9.17) is 0 Å². The Morgan fingerprint density at radius 3 is 1.67 bits per heavy atom. The van der Waals surface area contributed by atoms with E-state index in [0.717, 1.165) is 0 Å². The summed E-state index contributed by atoms with van der Waals surface area (Å²) in [5, 5.41) is 9.97. The fourth-order valence-electron chi connectivity index (χ4n) is 0.693. The molecule has 8 heteroatoms. The van der Waals surface area contributed by atoms with Crippen LogP contribution in [0, 0.1) is 5.92 Å². The molecule has 0 saturated heterocycles. The summed E-state index contributed by atoms with van der Waals surface area (Å²) in [6, 6.07) is 0. The number of hydrogen-bond acceptors (Lipinski definition) is 2. The molecule has 0 rings (SSSR count). The first-order valence-electron chi connectivity index (χ1n) is 3.49. The Morgan fingerprint density at radius 2 is 1.47 bits per heavy atom. The first kappa shape index (κ1) is 13.8. The van der Waals surface area contributed by atoms with Crippen LogP contribution in [0.1, 0.15) is 6.92 Å². The maximum Gasteiger partial charge on any atom is 0.403 e. The van der Waals surface area contributed by atoms with Crippen LogP contribution in [0.25, 0.3) is 0 Å². The summed E-state index contributed by atoms with van der Waals surface area (Å²) in [5.41, 5.74) is -1.12. The van der Waals surface area contributed by atoms with Gasteiger partial charge in [0.15, 0.2) is 5.92 Å². The molecule has 0 unspecified atom stereocenters. The third-order valence-corrected chi connectivity index (χ3v) is 1.44. The second kappa shape index (κ2) is 4.11. The summed E-state index contributed by atoms with van der Waals surface area (Å²) in [4.78, 5) is 9.97. The van der Waals surface area contributed by atoms with Gasteiger partial charge in [-0.25, -0.2) is 0 Å². The highest BCUT2D eigenvalue weighted by molar-refractivity contribution is 5.83. The zero-order chi connectivity index (χ0) is 12.4. The monoisotopic (exact) mass is 235 g/mol. The van der Waals surface area contributed by atoms with Gasteiger partial charge < -0.3 is 9.90 Å². The fraction of sp³-hybridized carbons (Fsp3) is 0.571. The smallest absolute Gasteiger partial charge is 0.403 e. The Hall–Kier alpha value is -1.21. The molecule has 0 saturated carbocycles. The quantitative estimate of drug-likeness (QED) is 0.536. The number of alkyl halides is 6. The number of carbonyl (C=O) groups is 1. The van der Waals surface area contributed by atoms with E-state index in [1.54, 1.807) is 0 Å². The van der Waals surface area contributed by atoms with Gasteiger partial charge in [-0.2, -0.15) is 26.3 Å². The van der Waals surface area contributed by atoms with Gasteiger partial charge in [0.1, 0.15) is 0 Å². The van der Waals surface area contributed by atoms with Crippen molar-refractivity contribution < 1.29 is 36.2 Å². The lowest BCUT2D eigenvalue weighted by Gasteiger charge is -2.20. The van der Waals surface area contributed by atoms with E-state index >= 15 is 0 Å². The van der Waals surface area contributed by atoms with Crippen LogP contribution in [0.2, 0.25) is 0 Å². The van der Waals surface area contributed by atoms with Gasteiger partial charge in [-0.05, 0) is 12.5 Å². The van der Waals surface area contributed by atoms with Crippen LogP contribution >= 0.6 is 0 Å². The predicted molar refractivity (Wildman–Crippen MR) is 34.4 cm³/mol. The van der Waals surface area contributed by atoms with Crippen molar-refractivity contribution in [1.29, 1.82) is 0 Å². The maximum absolute atomic E-state index is 11.9. The Labute approximate surface area is 80.2 Å². The summed E-state index contributed by atoms with van der Waals surface area (Å²) < 4.78 is 71.2. The predicted octanol–water partition coefficient (Wildman–Crippen LogP) is 1.42. The lowest BCUT2D eigenvalue weighted by atomic mass is 10.1. The molecule has 0 amide bonds. The molecule has 0 aliphatic heterocycles. The van der Waals surface area contributed by atoms with E-state index in [-0.39, 0.29) is 0 Å². The Morgan fingerprint density at radius 1 is 1.13 bits per heavy atom. The number of allylic oxidation sites excluding steroid dienone is 1. The van der Waals surface area contributed by atoms with Gasteiger partial charge >= 0.3 is 12.4 Å². The normalized spacial score (nSPS) is 14.5. The van der Waals surface area contributed by atoms with Crippen molar-refractivity contribution in [2.45, 2.75) is 19.3 Å². The van der Waals surface area contributed by atoms with Gasteiger partial charge in [-0.1, -0.05) is 6.08 Å². The van der Waals surface area contributed by atoms with Gasteiger partial charge in [0.05, 0.1) is 5.97 Å². The zero-order valence-electron chi connectivity index (χ0n) is 7.24. The zero-order valence-corrected chi connectivity index (χ0v) is 7.24. The largest absolute Gasteiger partial charge is 0.545 e. The lowest BCUT2D eigenvalue weighted by Crippen LogP contribution is -2.36. The van der Waals surface area contributed by atoms with Gasteiger partial charge in [0.2, 0.25) is 0 Å². The second-order valence-electron chi connectivity index (χ2n) is 2.70.